The van der Waals surface area contributed by atoms with Crippen LogP contribution in [0.25, 0.3) is 11.0 Å². The van der Waals surface area contributed by atoms with E-state index >= 15 is 0 Å². The Kier molecular flexibility index (Phi) is 6.88. The number of nitrogens with zero attached hydrogens (tertiary/aromatic N) is 2. The van der Waals surface area contributed by atoms with E-state index in [4.69, 9.17) is 9.47 Å². The summed E-state index contributed by atoms with van der Waals surface area (Å²) in [4.78, 5) is 0. The minimum Gasteiger partial charge on any atom is -1.00 e. The number of aryl methyl sites for hydroxylation is 3. The van der Waals surface area contributed by atoms with Crippen LogP contribution in [0.5, 0.6) is 11.5 Å². The quantitative estimate of drug-likeness (QED) is 0.394. The molecule has 0 aliphatic heterocycles. The molecule has 1 unspecified atom stereocenters. The Morgan fingerprint density at radius 3 is 2.46 bits per heavy atom. The van der Waals surface area contributed by atoms with Gasteiger partial charge in [-0.15, -0.1) is 0 Å². The highest BCUT2D eigenvalue weighted by molar-refractivity contribution is 5.74. The first kappa shape index (κ1) is 20.5. The first-order valence-electron chi connectivity index (χ1n) is 8.39. The van der Waals surface area contributed by atoms with Gasteiger partial charge in [-0.05, 0) is 49.2 Å². The molecule has 1 aromatic heterocycles. The lowest BCUT2D eigenvalue weighted by Crippen LogP contribution is -3.00. The second kappa shape index (κ2) is 8.73. The summed E-state index contributed by atoms with van der Waals surface area (Å²) in [6.07, 6.45) is 1.39. The van der Waals surface area contributed by atoms with Crippen molar-refractivity contribution in [3.8, 4) is 11.5 Å². The summed E-state index contributed by atoms with van der Waals surface area (Å²) in [6, 6.07) is 11.8. The second-order valence-corrected chi connectivity index (χ2v) is 6.42. The highest BCUT2D eigenvalue weighted by Crippen LogP contribution is 2.26. The van der Waals surface area contributed by atoms with Crippen molar-refractivity contribution >= 4 is 11.0 Å². The van der Waals surface area contributed by atoms with Gasteiger partial charge in [0.1, 0.15) is 19.3 Å². The summed E-state index contributed by atoms with van der Waals surface area (Å²) in [5.41, 5.74) is 4.77. The fourth-order valence-corrected chi connectivity index (χ4v) is 2.98. The monoisotopic (exact) mass is 468 g/mol. The van der Waals surface area contributed by atoms with Crippen molar-refractivity contribution in [2.45, 2.75) is 26.5 Å². The van der Waals surface area contributed by atoms with E-state index in [2.05, 4.69) is 35.1 Å². The summed E-state index contributed by atoms with van der Waals surface area (Å²) in [7, 11) is 3.63. The molecule has 0 amide bonds. The largest absolute Gasteiger partial charge is 1.00 e. The molecule has 0 saturated heterocycles. The van der Waals surface area contributed by atoms with Crippen LogP contribution in [0.1, 0.15) is 11.1 Å². The molecule has 1 N–H and O–H groups in total. The van der Waals surface area contributed by atoms with Crippen LogP contribution in [-0.2, 0) is 13.6 Å². The van der Waals surface area contributed by atoms with Gasteiger partial charge in [-0.3, -0.25) is 0 Å². The van der Waals surface area contributed by atoms with E-state index in [1.54, 1.807) is 7.11 Å². The number of para-hydroxylation sites is 2. The molecule has 0 spiro atoms. The number of aliphatic hydroxyl groups excluding tert-OH is 1. The third kappa shape index (κ3) is 4.29. The number of methoxy groups -OCH3 is 1. The molecule has 26 heavy (non-hydrogen) atoms. The zero-order valence-electron chi connectivity index (χ0n) is 15.6. The SMILES string of the molecule is COc1ccccc1OCC(O)Cn1c[n+](C)c2cc(C)c(C)cc21.[I-]. The van der Waals surface area contributed by atoms with Gasteiger partial charge >= 0.3 is 0 Å². The van der Waals surface area contributed by atoms with Crippen molar-refractivity contribution in [2.24, 2.45) is 7.05 Å². The lowest BCUT2D eigenvalue weighted by molar-refractivity contribution is -0.645. The molecule has 0 bridgehead atoms. The molecule has 140 valence electrons. The van der Waals surface area contributed by atoms with Crippen LogP contribution in [-0.4, -0.2) is 29.5 Å². The zero-order chi connectivity index (χ0) is 18.0. The average molecular weight is 468 g/mol. The number of benzene rings is 2. The Labute approximate surface area is 171 Å². The third-order valence-electron chi connectivity index (χ3n) is 4.50. The van der Waals surface area contributed by atoms with Gasteiger partial charge in [-0.2, -0.15) is 0 Å². The fraction of sp³-hybridized carbons (Fsp3) is 0.350. The van der Waals surface area contributed by atoms with Gasteiger partial charge in [-0.1, -0.05) is 12.1 Å². The van der Waals surface area contributed by atoms with Gasteiger partial charge < -0.3 is 38.6 Å². The lowest BCUT2D eigenvalue weighted by Gasteiger charge is -2.13. The lowest BCUT2D eigenvalue weighted by atomic mass is 10.1. The first-order valence-corrected chi connectivity index (χ1v) is 8.39. The maximum Gasteiger partial charge on any atom is 0.244 e. The molecule has 3 aromatic rings. The molecule has 0 saturated carbocycles. The maximum atomic E-state index is 10.4. The van der Waals surface area contributed by atoms with Crippen LogP contribution in [0.3, 0.4) is 0 Å². The molecule has 0 radical (unpaired) electrons. The van der Waals surface area contributed by atoms with Crippen LogP contribution in [0.4, 0.5) is 0 Å². The summed E-state index contributed by atoms with van der Waals surface area (Å²) < 4.78 is 15.1. The number of hydrogen-bond donors (Lipinski definition) is 1. The number of aromatic nitrogens is 2. The Morgan fingerprint density at radius 1 is 1.12 bits per heavy atom. The van der Waals surface area contributed by atoms with Crippen LogP contribution in [0.15, 0.2) is 42.7 Å². The number of hydrogen-bond acceptors (Lipinski definition) is 3. The molecule has 1 atom stereocenters. The zero-order valence-corrected chi connectivity index (χ0v) is 17.7. The van der Waals surface area contributed by atoms with Crippen LogP contribution in [0, 0.1) is 13.8 Å². The van der Waals surface area contributed by atoms with Gasteiger partial charge in [0, 0.05) is 0 Å². The minimum atomic E-state index is -0.623. The minimum absolute atomic E-state index is 0. The Morgan fingerprint density at radius 2 is 1.77 bits per heavy atom. The van der Waals surface area contributed by atoms with Crippen molar-refractivity contribution in [1.82, 2.24) is 4.57 Å². The normalized spacial score (nSPS) is 11.9. The van der Waals surface area contributed by atoms with E-state index in [9.17, 15) is 5.11 Å². The number of fused-ring (bicyclic) bond motifs is 1. The predicted molar refractivity (Wildman–Crippen MR) is 97.1 cm³/mol. The maximum absolute atomic E-state index is 10.4. The smallest absolute Gasteiger partial charge is 0.244 e. The van der Waals surface area contributed by atoms with E-state index in [-0.39, 0.29) is 30.6 Å². The average Bonchev–Trinajstić information content (AvgIpc) is 2.89. The van der Waals surface area contributed by atoms with Gasteiger partial charge in [0.25, 0.3) is 0 Å². The standard InChI is InChI=1S/C20H25N2O3.HI/c1-14-9-17-18(10-15(14)2)22(13-21(17)3)11-16(23)12-25-20-8-6-5-7-19(20)24-4;/h5-10,13,16,23H,11-12H2,1-4H3;1H/q+1;/p-1. The summed E-state index contributed by atoms with van der Waals surface area (Å²) in [6.45, 7) is 4.89. The molecule has 5 nitrogen and oxygen atoms in total. The fourth-order valence-electron chi connectivity index (χ4n) is 2.98. The summed E-state index contributed by atoms with van der Waals surface area (Å²) in [5.74, 6) is 1.30. The highest BCUT2D eigenvalue weighted by Gasteiger charge is 2.18. The molecular formula is C20H25IN2O3. The number of imidazole rings is 1. The number of aliphatic hydroxyl groups is 1. The Balaban J connectivity index is 0.00000243. The number of halogens is 1. The third-order valence-corrected chi connectivity index (χ3v) is 4.50. The van der Waals surface area contributed by atoms with E-state index in [0.717, 1.165) is 11.0 Å². The van der Waals surface area contributed by atoms with E-state index in [1.165, 1.54) is 11.1 Å². The van der Waals surface area contributed by atoms with E-state index in [0.29, 0.717) is 18.0 Å². The Hall–Kier alpha value is -1.80. The van der Waals surface area contributed by atoms with Gasteiger partial charge in [0.05, 0.1) is 14.2 Å². The molecule has 3 rings (SSSR count). The Bertz CT molecular complexity index is 892. The van der Waals surface area contributed by atoms with Crippen LogP contribution < -0.4 is 38.0 Å². The first-order chi connectivity index (χ1) is 12.0. The number of rotatable bonds is 6. The molecule has 0 aliphatic rings. The summed E-state index contributed by atoms with van der Waals surface area (Å²) >= 11 is 0. The van der Waals surface area contributed by atoms with E-state index < -0.39 is 6.10 Å². The molecule has 2 aromatic carbocycles. The van der Waals surface area contributed by atoms with Crippen molar-refractivity contribution in [3.63, 3.8) is 0 Å². The van der Waals surface area contributed by atoms with Gasteiger partial charge in [0.15, 0.2) is 22.5 Å². The highest BCUT2D eigenvalue weighted by atomic mass is 127. The number of ether oxygens (including phenoxy) is 2. The topological polar surface area (TPSA) is 47.5 Å². The van der Waals surface area contributed by atoms with Crippen molar-refractivity contribution in [2.75, 3.05) is 13.7 Å². The van der Waals surface area contributed by atoms with Crippen molar-refractivity contribution < 1.29 is 43.1 Å². The molecule has 0 fully saturated rings. The molecule has 6 heteroatoms. The molecule has 1 heterocycles. The van der Waals surface area contributed by atoms with Crippen LogP contribution in [0.2, 0.25) is 0 Å². The second-order valence-electron chi connectivity index (χ2n) is 6.42. The predicted octanol–water partition coefficient (Wildman–Crippen LogP) is -0.465. The van der Waals surface area contributed by atoms with Crippen molar-refractivity contribution in [1.29, 1.82) is 0 Å². The van der Waals surface area contributed by atoms with Gasteiger partial charge in [-0.25, -0.2) is 9.13 Å². The van der Waals surface area contributed by atoms with Crippen molar-refractivity contribution in [3.05, 3.63) is 53.9 Å². The molecular weight excluding hydrogens is 443 g/mol. The van der Waals surface area contributed by atoms with Crippen LogP contribution >= 0.6 is 0 Å². The van der Waals surface area contributed by atoms with E-state index in [1.807, 2.05) is 37.6 Å². The summed E-state index contributed by atoms with van der Waals surface area (Å²) in [5, 5.41) is 10.4. The molecule has 0 aliphatic carbocycles. The van der Waals surface area contributed by atoms with Gasteiger partial charge in [0.2, 0.25) is 6.33 Å².